The highest BCUT2D eigenvalue weighted by molar-refractivity contribution is 5.84. The van der Waals surface area contributed by atoms with Crippen LogP contribution in [0.25, 0.3) is 0 Å². The molecule has 1 amide bonds. The number of nitrogens with zero attached hydrogens (tertiary/aromatic N) is 4. The highest BCUT2D eigenvalue weighted by atomic mass is 19.4. The first-order chi connectivity index (χ1) is 17.0. The Kier molecular flexibility index (Phi) is 7.51. The molecule has 4 rings (SSSR count). The molecular formula is C25H31F4N5O2. The topological polar surface area (TPSA) is 81.6 Å². The third-order valence-corrected chi connectivity index (χ3v) is 6.90. The van der Waals surface area contributed by atoms with E-state index in [0.717, 1.165) is 17.4 Å². The molecule has 1 aliphatic carbocycles. The van der Waals surface area contributed by atoms with Crippen LogP contribution in [0.2, 0.25) is 0 Å². The molecular weight excluding hydrogens is 478 g/mol. The molecule has 0 spiro atoms. The van der Waals surface area contributed by atoms with Gasteiger partial charge in [-0.1, -0.05) is 26.8 Å². The van der Waals surface area contributed by atoms with Gasteiger partial charge in [0.1, 0.15) is 18.0 Å². The van der Waals surface area contributed by atoms with E-state index in [4.69, 9.17) is 0 Å². The minimum Gasteiger partial charge on any atom is -0.387 e. The number of amides is 1. The second kappa shape index (κ2) is 10.3. The molecule has 36 heavy (non-hydrogen) atoms. The number of rotatable bonds is 6. The first kappa shape index (κ1) is 26.3. The number of halogens is 4. The summed E-state index contributed by atoms with van der Waals surface area (Å²) in [6.45, 7) is 7.77. The van der Waals surface area contributed by atoms with Crippen LogP contribution in [0.4, 0.5) is 23.4 Å². The molecule has 7 nitrogen and oxygen atoms in total. The van der Waals surface area contributed by atoms with Gasteiger partial charge in [-0.2, -0.15) is 13.2 Å². The second-order valence-electron chi connectivity index (χ2n) is 9.81. The minimum absolute atomic E-state index is 0.0358. The van der Waals surface area contributed by atoms with Crippen molar-refractivity contribution in [3.05, 3.63) is 52.7 Å². The van der Waals surface area contributed by atoms with Gasteiger partial charge in [0.15, 0.2) is 0 Å². The Morgan fingerprint density at radius 1 is 1.19 bits per heavy atom. The first-order valence-corrected chi connectivity index (χ1v) is 12.1. The number of alkyl halides is 3. The lowest BCUT2D eigenvalue weighted by atomic mass is 9.95. The van der Waals surface area contributed by atoms with Crippen LogP contribution in [0, 0.1) is 5.82 Å². The number of aromatic nitrogens is 2. The highest BCUT2D eigenvalue weighted by Gasteiger charge is 2.37. The van der Waals surface area contributed by atoms with Crippen molar-refractivity contribution in [1.82, 2.24) is 20.2 Å². The number of nitrogens with one attached hydrogen (secondary N) is 1. The number of fused-ring (bicyclic) bond motifs is 1. The van der Waals surface area contributed by atoms with Crippen LogP contribution in [-0.2, 0) is 11.0 Å². The molecule has 3 atom stereocenters. The highest BCUT2D eigenvalue weighted by Crippen LogP contribution is 2.43. The molecule has 2 aliphatic rings. The largest absolute Gasteiger partial charge is 0.419 e. The number of hydrogen-bond acceptors (Lipinski definition) is 6. The summed E-state index contributed by atoms with van der Waals surface area (Å²) in [5.41, 5.74) is 0.441. The van der Waals surface area contributed by atoms with Gasteiger partial charge in [0.25, 0.3) is 0 Å². The molecule has 0 saturated carbocycles. The van der Waals surface area contributed by atoms with Crippen molar-refractivity contribution < 1.29 is 27.5 Å². The van der Waals surface area contributed by atoms with Crippen LogP contribution in [0.3, 0.4) is 0 Å². The van der Waals surface area contributed by atoms with Gasteiger partial charge in [0, 0.05) is 44.3 Å². The molecule has 2 aromatic rings. The van der Waals surface area contributed by atoms with E-state index in [2.05, 4.69) is 20.2 Å². The molecule has 1 saturated heterocycles. The maximum atomic E-state index is 14.3. The van der Waals surface area contributed by atoms with E-state index in [1.165, 1.54) is 12.4 Å². The fourth-order valence-electron chi connectivity index (χ4n) is 4.99. The molecule has 2 unspecified atom stereocenters. The summed E-state index contributed by atoms with van der Waals surface area (Å²) >= 11 is 0. The lowest BCUT2D eigenvalue weighted by molar-refractivity contribution is -0.140. The molecule has 2 N–H and O–H groups in total. The molecule has 0 radical (unpaired) electrons. The SMILES string of the molecule is CC(C)NC[C@@H](C(=O)N1CCN(c2ncnc3c2C(C)CC3O)CC1)c1ccc(C(F)(F)F)c(F)c1. The van der Waals surface area contributed by atoms with Gasteiger partial charge < -0.3 is 20.2 Å². The van der Waals surface area contributed by atoms with Crippen molar-refractivity contribution >= 4 is 11.7 Å². The zero-order chi connectivity index (χ0) is 26.2. The smallest absolute Gasteiger partial charge is 0.387 e. The van der Waals surface area contributed by atoms with E-state index >= 15 is 0 Å². The number of hydrogen-bond donors (Lipinski definition) is 2. The first-order valence-electron chi connectivity index (χ1n) is 12.1. The standard InChI is InChI=1S/C25H31F4N5O2/c1-14(2)30-12-17(16-4-5-18(19(26)11-16)25(27,28)29)24(36)34-8-6-33(7-9-34)23-21-15(3)10-20(35)22(21)31-13-32-23/h4-5,11,13-15,17,20,30,35H,6-10,12H2,1-3H3/t15?,17-,20?/m1/s1. The van der Waals surface area contributed by atoms with Crippen molar-refractivity contribution in [2.75, 3.05) is 37.6 Å². The van der Waals surface area contributed by atoms with E-state index in [0.29, 0.717) is 44.4 Å². The second-order valence-corrected chi connectivity index (χ2v) is 9.81. The number of benzene rings is 1. The number of aliphatic hydroxyl groups is 1. The number of piperazine rings is 1. The van der Waals surface area contributed by atoms with Crippen LogP contribution in [0.15, 0.2) is 24.5 Å². The van der Waals surface area contributed by atoms with Crippen LogP contribution in [0.1, 0.15) is 67.5 Å². The van der Waals surface area contributed by atoms with Gasteiger partial charge in [-0.3, -0.25) is 4.79 Å². The van der Waals surface area contributed by atoms with Gasteiger partial charge in [-0.25, -0.2) is 14.4 Å². The van der Waals surface area contributed by atoms with Crippen molar-refractivity contribution in [2.45, 2.75) is 57.3 Å². The quantitative estimate of drug-likeness (QED) is 0.580. The van der Waals surface area contributed by atoms with Crippen molar-refractivity contribution in [3.8, 4) is 0 Å². The van der Waals surface area contributed by atoms with E-state index < -0.39 is 29.6 Å². The Morgan fingerprint density at radius 3 is 2.50 bits per heavy atom. The molecule has 1 aliphatic heterocycles. The zero-order valence-electron chi connectivity index (χ0n) is 20.5. The number of carbonyl (C=O) groups excluding carboxylic acids is 1. The molecule has 1 fully saturated rings. The third kappa shape index (κ3) is 5.31. The van der Waals surface area contributed by atoms with Gasteiger partial charge in [-0.05, 0) is 30.0 Å². The molecule has 11 heteroatoms. The molecule has 0 bridgehead atoms. The number of anilines is 1. The maximum Gasteiger partial charge on any atom is 0.419 e. The average Bonchev–Trinajstić information content (AvgIpc) is 3.12. The predicted octanol–water partition coefficient (Wildman–Crippen LogP) is 3.61. The van der Waals surface area contributed by atoms with E-state index in [-0.39, 0.29) is 30.0 Å². The molecule has 2 heterocycles. The van der Waals surface area contributed by atoms with E-state index in [1.54, 1.807) is 4.90 Å². The zero-order valence-corrected chi connectivity index (χ0v) is 20.5. The summed E-state index contributed by atoms with van der Waals surface area (Å²) in [6, 6.07) is 2.74. The van der Waals surface area contributed by atoms with Gasteiger partial charge in [0.2, 0.25) is 5.91 Å². The van der Waals surface area contributed by atoms with Crippen molar-refractivity contribution in [3.63, 3.8) is 0 Å². The number of carbonyl (C=O) groups is 1. The lowest BCUT2D eigenvalue weighted by Crippen LogP contribution is -2.51. The fraction of sp³-hybridized carbons (Fsp3) is 0.560. The van der Waals surface area contributed by atoms with E-state index in [9.17, 15) is 27.5 Å². The Morgan fingerprint density at radius 2 is 1.89 bits per heavy atom. The Hall–Kier alpha value is -2.79. The van der Waals surface area contributed by atoms with Gasteiger partial charge in [0.05, 0.1) is 23.3 Å². The summed E-state index contributed by atoms with van der Waals surface area (Å²) < 4.78 is 53.4. The predicted molar refractivity (Wildman–Crippen MR) is 126 cm³/mol. The minimum atomic E-state index is -4.80. The Labute approximate surface area is 207 Å². The molecule has 196 valence electrons. The summed E-state index contributed by atoms with van der Waals surface area (Å²) in [4.78, 5) is 25.9. The van der Waals surface area contributed by atoms with Crippen molar-refractivity contribution in [2.24, 2.45) is 0 Å². The van der Waals surface area contributed by atoms with Gasteiger partial charge >= 0.3 is 6.18 Å². The summed E-state index contributed by atoms with van der Waals surface area (Å²) in [7, 11) is 0. The van der Waals surface area contributed by atoms with E-state index in [1.807, 2.05) is 20.8 Å². The average molecular weight is 510 g/mol. The fourth-order valence-corrected chi connectivity index (χ4v) is 4.99. The van der Waals surface area contributed by atoms with Crippen LogP contribution >= 0.6 is 0 Å². The molecule has 1 aromatic carbocycles. The lowest BCUT2D eigenvalue weighted by Gasteiger charge is -2.38. The summed E-state index contributed by atoms with van der Waals surface area (Å²) in [6.07, 6.45) is -3.38. The molecule has 1 aromatic heterocycles. The Bertz CT molecular complexity index is 1100. The van der Waals surface area contributed by atoms with Crippen LogP contribution in [0.5, 0.6) is 0 Å². The Balaban J connectivity index is 1.51. The third-order valence-electron chi connectivity index (χ3n) is 6.90. The monoisotopic (exact) mass is 509 g/mol. The number of aliphatic hydroxyl groups excluding tert-OH is 1. The van der Waals surface area contributed by atoms with Crippen molar-refractivity contribution in [1.29, 1.82) is 0 Å². The maximum absolute atomic E-state index is 14.3. The summed E-state index contributed by atoms with van der Waals surface area (Å²) in [5.74, 6) is -1.60. The van der Waals surface area contributed by atoms with Crippen LogP contribution < -0.4 is 10.2 Å². The van der Waals surface area contributed by atoms with Gasteiger partial charge in [-0.15, -0.1) is 0 Å². The normalized spacial score (nSPS) is 21.1. The summed E-state index contributed by atoms with van der Waals surface area (Å²) in [5, 5.41) is 13.4. The van der Waals surface area contributed by atoms with Crippen LogP contribution in [-0.4, -0.2) is 64.6 Å².